The van der Waals surface area contributed by atoms with Crippen molar-refractivity contribution in [2.24, 2.45) is 16.8 Å². The summed E-state index contributed by atoms with van der Waals surface area (Å²) in [7, 11) is 0. The van der Waals surface area contributed by atoms with Gasteiger partial charge >= 0.3 is 0 Å². The van der Waals surface area contributed by atoms with Crippen LogP contribution in [-0.4, -0.2) is 58.8 Å². The second-order valence-electron chi connectivity index (χ2n) is 5.53. The number of nitrogens with zero attached hydrogens (tertiary/aromatic N) is 5. The lowest BCUT2D eigenvalue weighted by molar-refractivity contribution is -0.137. The first-order valence-electron chi connectivity index (χ1n) is 7.41. The Morgan fingerprint density at radius 3 is 2.78 bits per heavy atom. The number of nitrogens with two attached hydrogens (primary N) is 1. The number of hydrogen-bond acceptors (Lipinski definition) is 6. The summed E-state index contributed by atoms with van der Waals surface area (Å²) in [5.74, 6) is -1.20. The fourth-order valence-electron chi connectivity index (χ4n) is 2.80. The molecule has 0 spiro atoms. The van der Waals surface area contributed by atoms with Gasteiger partial charge in [0.25, 0.3) is 5.91 Å². The highest BCUT2D eigenvalue weighted by Gasteiger charge is 2.37. The van der Waals surface area contributed by atoms with E-state index in [1.54, 1.807) is 11.1 Å². The average molecular weight is 320 g/mol. The molecule has 2 atom stereocenters. The van der Waals surface area contributed by atoms with Crippen LogP contribution in [0.4, 0.5) is 10.2 Å². The van der Waals surface area contributed by atoms with E-state index in [4.69, 9.17) is 5.73 Å². The number of amides is 2. The molecule has 9 heteroatoms. The maximum Gasteiger partial charge on any atom is 0.267 e. The molecule has 0 saturated carbocycles. The number of rotatable bonds is 3. The lowest BCUT2D eigenvalue weighted by atomic mass is 9.93. The fourth-order valence-corrected chi connectivity index (χ4v) is 2.80. The van der Waals surface area contributed by atoms with Crippen LogP contribution >= 0.6 is 0 Å². The molecule has 1 saturated heterocycles. The first-order chi connectivity index (χ1) is 11.1. The number of carbonyl (C=O) groups excluding carboxylic acids is 2. The van der Waals surface area contributed by atoms with Gasteiger partial charge in [0.1, 0.15) is 24.0 Å². The zero-order chi connectivity index (χ0) is 16.4. The fraction of sp³-hybridized carbons (Fsp3) is 0.500. The van der Waals surface area contributed by atoms with Gasteiger partial charge in [0.2, 0.25) is 5.91 Å². The second-order valence-corrected chi connectivity index (χ2v) is 5.53. The van der Waals surface area contributed by atoms with Gasteiger partial charge in [-0.3, -0.25) is 9.59 Å². The summed E-state index contributed by atoms with van der Waals surface area (Å²) in [4.78, 5) is 32.9. The Morgan fingerprint density at radius 1 is 1.30 bits per heavy atom. The predicted octanol–water partition coefficient (Wildman–Crippen LogP) is -0.0420. The third-order valence-corrected chi connectivity index (χ3v) is 4.03. The van der Waals surface area contributed by atoms with Crippen LogP contribution in [0.25, 0.3) is 0 Å². The first kappa shape index (κ1) is 15.3. The van der Waals surface area contributed by atoms with E-state index in [2.05, 4.69) is 15.1 Å². The maximum absolute atomic E-state index is 14.5. The summed E-state index contributed by atoms with van der Waals surface area (Å²) >= 11 is 0. The Hall–Kier alpha value is -2.58. The van der Waals surface area contributed by atoms with E-state index in [1.165, 1.54) is 17.4 Å². The molecule has 1 aromatic heterocycles. The van der Waals surface area contributed by atoms with Crippen molar-refractivity contribution in [1.82, 2.24) is 15.0 Å². The van der Waals surface area contributed by atoms with Gasteiger partial charge in [-0.2, -0.15) is 5.10 Å². The number of carbonyl (C=O) groups is 2. The van der Waals surface area contributed by atoms with Gasteiger partial charge in [0.05, 0.1) is 12.5 Å². The predicted molar refractivity (Wildman–Crippen MR) is 80.6 cm³/mol. The molecule has 1 fully saturated rings. The Kier molecular flexibility index (Phi) is 4.18. The second kappa shape index (κ2) is 6.27. The Balaban J connectivity index is 1.68. The summed E-state index contributed by atoms with van der Waals surface area (Å²) in [5, 5.41) is 5.30. The third-order valence-electron chi connectivity index (χ3n) is 4.03. The molecule has 0 aliphatic carbocycles. The van der Waals surface area contributed by atoms with Crippen LogP contribution in [0, 0.1) is 5.92 Å². The van der Waals surface area contributed by atoms with Crippen molar-refractivity contribution >= 4 is 23.8 Å². The molecule has 122 valence electrons. The quantitative estimate of drug-likeness (QED) is 0.841. The third kappa shape index (κ3) is 3.13. The van der Waals surface area contributed by atoms with Crippen molar-refractivity contribution in [3.8, 4) is 0 Å². The molecule has 2 unspecified atom stereocenters. The van der Waals surface area contributed by atoms with E-state index in [0.29, 0.717) is 31.7 Å². The number of hydrazone groups is 1. The van der Waals surface area contributed by atoms with E-state index in [-0.39, 0.29) is 18.1 Å². The van der Waals surface area contributed by atoms with Crippen molar-refractivity contribution < 1.29 is 14.0 Å². The standard InChI is InChI=1S/C14H17FN6O2/c15-10-7-20(12-6-11(13(16)22)17-8-18-12)5-2-9(10)14(23)21-4-1-3-19-21/h3,6,8-10H,1-2,4-5,7H2,(H2,16,22). The van der Waals surface area contributed by atoms with E-state index < -0.39 is 18.0 Å². The Bertz CT molecular complexity index is 652. The van der Waals surface area contributed by atoms with Gasteiger partial charge in [-0.25, -0.2) is 19.4 Å². The van der Waals surface area contributed by atoms with Gasteiger partial charge in [-0.15, -0.1) is 0 Å². The highest BCUT2D eigenvalue weighted by Crippen LogP contribution is 2.26. The highest BCUT2D eigenvalue weighted by atomic mass is 19.1. The van der Waals surface area contributed by atoms with Crippen LogP contribution in [0.15, 0.2) is 17.5 Å². The molecule has 0 radical (unpaired) electrons. The topological polar surface area (TPSA) is 105 Å². The molecule has 2 amide bonds. The van der Waals surface area contributed by atoms with Crippen molar-refractivity contribution in [3.05, 3.63) is 18.1 Å². The van der Waals surface area contributed by atoms with Crippen LogP contribution in [0.1, 0.15) is 23.3 Å². The number of piperidine rings is 1. The largest absolute Gasteiger partial charge is 0.364 e. The molecule has 2 N–H and O–H groups in total. The average Bonchev–Trinajstić information content (AvgIpc) is 3.08. The van der Waals surface area contributed by atoms with Gasteiger partial charge in [-0.1, -0.05) is 0 Å². The molecule has 1 aromatic rings. The number of halogens is 1. The van der Waals surface area contributed by atoms with E-state index >= 15 is 0 Å². The van der Waals surface area contributed by atoms with Crippen molar-refractivity contribution in [3.63, 3.8) is 0 Å². The smallest absolute Gasteiger partial charge is 0.267 e. The zero-order valence-electron chi connectivity index (χ0n) is 12.4. The molecule has 8 nitrogen and oxygen atoms in total. The molecular formula is C14H17FN6O2. The number of primary amides is 1. The normalized spacial score (nSPS) is 24.0. The lowest BCUT2D eigenvalue weighted by Crippen LogP contribution is -2.48. The molecule has 3 heterocycles. The van der Waals surface area contributed by atoms with Gasteiger partial charge in [-0.05, 0) is 6.42 Å². The summed E-state index contributed by atoms with van der Waals surface area (Å²) < 4.78 is 14.5. The lowest BCUT2D eigenvalue weighted by Gasteiger charge is -2.35. The Labute approximate surface area is 132 Å². The number of hydrogen-bond donors (Lipinski definition) is 1. The maximum atomic E-state index is 14.5. The summed E-state index contributed by atoms with van der Waals surface area (Å²) in [6.45, 7) is 1.01. The minimum Gasteiger partial charge on any atom is -0.364 e. The van der Waals surface area contributed by atoms with E-state index in [9.17, 15) is 14.0 Å². The van der Waals surface area contributed by atoms with Gasteiger partial charge in [0, 0.05) is 31.8 Å². The van der Waals surface area contributed by atoms with Crippen LogP contribution < -0.4 is 10.6 Å². The first-order valence-corrected chi connectivity index (χ1v) is 7.41. The SMILES string of the molecule is NC(=O)c1cc(N2CCC(C(=O)N3CCC=N3)C(F)C2)ncn1. The Morgan fingerprint density at radius 2 is 2.13 bits per heavy atom. The molecule has 23 heavy (non-hydrogen) atoms. The molecule has 0 aromatic carbocycles. The van der Waals surface area contributed by atoms with Crippen LogP contribution in [0.5, 0.6) is 0 Å². The van der Waals surface area contributed by atoms with Gasteiger partial charge < -0.3 is 10.6 Å². The van der Waals surface area contributed by atoms with E-state index in [1.807, 2.05) is 0 Å². The van der Waals surface area contributed by atoms with Crippen molar-refractivity contribution in [1.29, 1.82) is 0 Å². The monoisotopic (exact) mass is 320 g/mol. The van der Waals surface area contributed by atoms with Crippen LogP contribution in [-0.2, 0) is 4.79 Å². The van der Waals surface area contributed by atoms with Crippen LogP contribution in [0.3, 0.4) is 0 Å². The molecule has 3 rings (SSSR count). The summed E-state index contributed by atoms with van der Waals surface area (Å²) in [6.07, 6.45) is 2.63. The number of anilines is 1. The zero-order valence-corrected chi connectivity index (χ0v) is 12.4. The van der Waals surface area contributed by atoms with Crippen molar-refractivity contribution in [2.75, 3.05) is 24.5 Å². The van der Waals surface area contributed by atoms with Crippen LogP contribution in [0.2, 0.25) is 0 Å². The van der Waals surface area contributed by atoms with Crippen molar-refractivity contribution in [2.45, 2.75) is 19.0 Å². The summed E-state index contributed by atoms with van der Waals surface area (Å²) in [5.41, 5.74) is 5.26. The molecule has 2 aliphatic rings. The molecule has 2 aliphatic heterocycles. The highest BCUT2D eigenvalue weighted by molar-refractivity contribution is 5.91. The number of aromatic nitrogens is 2. The number of alkyl halides is 1. The minimum atomic E-state index is -1.32. The molecular weight excluding hydrogens is 303 g/mol. The van der Waals surface area contributed by atoms with E-state index in [0.717, 1.165) is 0 Å². The van der Waals surface area contributed by atoms with Gasteiger partial charge in [0.15, 0.2) is 0 Å². The minimum absolute atomic E-state index is 0.0309. The molecule has 0 bridgehead atoms. The summed E-state index contributed by atoms with van der Waals surface area (Å²) in [6, 6.07) is 1.43.